The SMILES string of the molecule is C=C[C@H]1O[C@@]2(/C=C\OC(C)=O)[C@H](C(=O)N(c3ccc(OC)cc3)[C@@H]2Cc2ccccc2)[C@@H]1I. The van der Waals surface area contributed by atoms with E-state index in [4.69, 9.17) is 14.2 Å². The molecule has 2 heterocycles. The number of ether oxygens (including phenoxy) is 3. The highest BCUT2D eigenvalue weighted by atomic mass is 127. The summed E-state index contributed by atoms with van der Waals surface area (Å²) in [6.45, 7) is 5.25. The molecule has 6 nitrogen and oxygen atoms in total. The summed E-state index contributed by atoms with van der Waals surface area (Å²) in [6.07, 6.45) is 5.09. The van der Waals surface area contributed by atoms with Gasteiger partial charge >= 0.3 is 5.97 Å². The number of nitrogens with zero attached hydrogens (tertiary/aromatic N) is 1. The molecule has 5 atom stereocenters. The molecule has 7 heteroatoms. The fraction of sp³-hybridized carbons (Fsp3) is 0.308. The number of carbonyl (C=O) groups excluding carboxylic acids is 2. The van der Waals surface area contributed by atoms with Gasteiger partial charge in [0.25, 0.3) is 0 Å². The summed E-state index contributed by atoms with van der Waals surface area (Å²) >= 11 is 2.28. The molecule has 0 spiro atoms. The molecule has 0 aliphatic carbocycles. The Morgan fingerprint density at radius 1 is 1.21 bits per heavy atom. The van der Waals surface area contributed by atoms with Crippen molar-refractivity contribution in [1.29, 1.82) is 0 Å². The first-order valence-electron chi connectivity index (χ1n) is 10.7. The second-order valence-electron chi connectivity index (χ2n) is 8.12. The first-order chi connectivity index (χ1) is 15.9. The number of hydrogen-bond acceptors (Lipinski definition) is 5. The van der Waals surface area contributed by atoms with Crippen molar-refractivity contribution >= 4 is 40.2 Å². The van der Waals surface area contributed by atoms with Crippen LogP contribution < -0.4 is 9.64 Å². The van der Waals surface area contributed by atoms with Crippen LogP contribution in [0.5, 0.6) is 5.75 Å². The molecule has 33 heavy (non-hydrogen) atoms. The zero-order chi connectivity index (χ0) is 23.6. The third-order valence-electron chi connectivity index (χ3n) is 6.21. The van der Waals surface area contributed by atoms with Crippen molar-refractivity contribution in [2.75, 3.05) is 12.0 Å². The molecule has 2 aromatic carbocycles. The van der Waals surface area contributed by atoms with Gasteiger partial charge in [0.05, 0.1) is 35.4 Å². The Bertz CT molecular complexity index is 1050. The maximum atomic E-state index is 14.0. The van der Waals surface area contributed by atoms with Gasteiger partial charge in [-0.15, -0.1) is 6.58 Å². The lowest BCUT2D eigenvalue weighted by Gasteiger charge is -2.35. The summed E-state index contributed by atoms with van der Waals surface area (Å²) in [5.41, 5.74) is 0.844. The van der Waals surface area contributed by atoms with Crippen molar-refractivity contribution in [2.24, 2.45) is 5.92 Å². The van der Waals surface area contributed by atoms with Gasteiger partial charge in [-0.3, -0.25) is 9.59 Å². The van der Waals surface area contributed by atoms with Gasteiger partial charge in [-0.05, 0) is 42.3 Å². The molecule has 172 valence electrons. The van der Waals surface area contributed by atoms with Crippen LogP contribution in [-0.2, 0) is 25.5 Å². The smallest absolute Gasteiger partial charge is 0.307 e. The van der Waals surface area contributed by atoms with Crippen molar-refractivity contribution < 1.29 is 23.8 Å². The lowest BCUT2D eigenvalue weighted by atomic mass is 9.82. The summed E-state index contributed by atoms with van der Waals surface area (Å²) in [6, 6.07) is 17.1. The molecule has 0 radical (unpaired) electrons. The highest BCUT2D eigenvalue weighted by Gasteiger charge is 2.67. The molecule has 1 amide bonds. The number of anilines is 1. The number of halogens is 1. The second kappa shape index (κ2) is 9.69. The van der Waals surface area contributed by atoms with Crippen LogP contribution in [0.3, 0.4) is 0 Å². The molecule has 2 aliphatic heterocycles. The van der Waals surface area contributed by atoms with Crippen LogP contribution in [-0.4, -0.2) is 40.7 Å². The zero-order valence-corrected chi connectivity index (χ0v) is 20.7. The Balaban J connectivity index is 1.84. The fourth-order valence-corrected chi connectivity index (χ4v) is 6.05. The zero-order valence-electron chi connectivity index (χ0n) is 18.5. The summed E-state index contributed by atoms with van der Waals surface area (Å²) in [4.78, 5) is 27.2. The Morgan fingerprint density at radius 2 is 1.91 bits per heavy atom. The number of rotatable bonds is 7. The maximum Gasteiger partial charge on any atom is 0.307 e. The van der Waals surface area contributed by atoms with E-state index in [0.717, 1.165) is 11.3 Å². The highest BCUT2D eigenvalue weighted by molar-refractivity contribution is 14.1. The molecule has 2 aliphatic rings. The van der Waals surface area contributed by atoms with E-state index in [1.165, 1.54) is 13.2 Å². The number of carbonyl (C=O) groups is 2. The van der Waals surface area contributed by atoms with E-state index in [0.29, 0.717) is 12.2 Å². The third kappa shape index (κ3) is 4.31. The predicted octanol–water partition coefficient (Wildman–Crippen LogP) is 4.47. The van der Waals surface area contributed by atoms with E-state index in [9.17, 15) is 9.59 Å². The summed E-state index contributed by atoms with van der Waals surface area (Å²) in [7, 11) is 1.61. The first kappa shape index (κ1) is 23.5. The highest BCUT2D eigenvalue weighted by Crippen LogP contribution is 2.53. The van der Waals surface area contributed by atoms with Crippen LogP contribution in [0.15, 0.2) is 79.6 Å². The standard InChI is InChI=1S/C26H26INO5/c1-4-21-24(27)23-25(30)28(19-10-12-20(31-3)13-11-19)22(16-18-8-6-5-7-9-18)26(23,33-21)14-15-32-17(2)29/h4-15,21-24H,1,16H2,2-3H3/b15-14-/t21-,22-,23+,24-,26-/m1/s1. The number of fused-ring (bicyclic) bond motifs is 1. The quantitative estimate of drug-likeness (QED) is 0.165. The van der Waals surface area contributed by atoms with Crippen molar-refractivity contribution in [3.63, 3.8) is 0 Å². The monoisotopic (exact) mass is 559 g/mol. The van der Waals surface area contributed by atoms with Gasteiger partial charge in [-0.25, -0.2) is 0 Å². The van der Waals surface area contributed by atoms with Crippen molar-refractivity contribution in [1.82, 2.24) is 0 Å². The molecular weight excluding hydrogens is 533 g/mol. The van der Waals surface area contributed by atoms with Crippen LogP contribution in [0.25, 0.3) is 0 Å². The number of alkyl halides is 1. The fourth-order valence-electron chi connectivity index (χ4n) is 4.74. The van der Waals surface area contributed by atoms with Crippen molar-refractivity contribution in [3.8, 4) is 5.75 Å². The Labute approximate surface area is 207 Å². The first-order valence-corrected chi connectivity index (χ1v) is 12.0. The molecule has 0 aromatic heterocycles. The maximum absolute atomic E-state index is 14.0. The van der Waals surface area contributed by atoms with Gasteiger partial charge in [0, 0.05) is 12.6 Å². The molecular formula is C26H26INO5. The molecule has 2 fully saturated rings. The largest absolute Gasteiger partial charge is 0.497 e. The number of hydrogen-bond donors (Lipinski definition) is 0. The average Bonchev–Trinajstić information content (AvgIpc) is 3.23. The van der Waals surface area contributed by atoms with E-state index >= 15 is 0 Å². The van der Waals surface area contributed by atoms with Crippen molar-refractivity contribution in [2.45, 2.75) is 35.0 Å². The number of methoxy groups -OCH3 is 1. The van der Waals surface area contributed by atoms with Gasteiger partial charge in [0.15, 0.2) is 0 Å². The van der Waals surface area contributed by atoms with E-state index in [1.807, 2.05) is 59.5 Å². The molecule has 0 saturated carbocycles. The number of esters is 1. The summed E-state index contributed by atoms with van der Waals surface area (Å²) in [5, 5.41) is 0. The second-order valence-corrected chi connectivity index (χ2v) is 9.56. The minimum absolute atomic E-state index is 0.0303. The van der Waals surface area contributed by atoms with Crippen LogP contribution in [0, 0.1) is 5.92 Å². The predicted molar refractivity (Wildman–Crippen MR) is 134 cm³/mol. The van der Waals surface area contributed by atoms with Crippen LogP contribution >= 0.6 is 22.6 Å². The Morgan fingerprint density at radius 3 is 2.52 bits per heavy atom. The molecule has 0 unspecified atom stereocenters. The number of benzene rings is 2. The Hall–Kier alpha value is -2.65. The molecule has 2 saturated heterocycles. The summed E-state index contributed by atoms with van der Waals surface area (Å²) in [5.74, 6) is -0.218. The number of amides is 1. The molecule has 0 bridgehead atoms. The van der Waals surface area contributed by atoms with Gasteiger partial charge in [-0.1, -0.05) is 59.0 Å². The van der Waals surface area contributed by atoms with Gasteiger partial charge in [0.1, 0.15) is 11.4 Å². The minimum atomic E-state index is -0.993. The van der Waals surface area contributed by atoms with Gasteiger partial charge < -0.3 is 19.1 Å². The third-order valence-corrected chi connectivity index (χ3v) is 7.64. The van der Waals surface area contributed by atoms with Crippen LogP contribution in [0.4, 0.5) is 5.69 Å². The lowest BCUT2D eigenvalue weighted by Crippen LogP contribution is -2.48. The van der Waals surface area contributed by atoms with E-state index in [1.54, 1.807) is 19.3 Å². The minimum Gasteiger partial charge on any atom is -0.497 e. The molecule has 0 N–H and O–H groups in total. The van der Waals surface area contributed by atoms with Gasteiger partial charge in [-0.2, -0.15) is 0 Å². The lowest BCUT2D eigenvalue weighted by molar-refractivity contribution is -0.135. The van der Waals surface area contributed by atoms with Gasteiger partial charge in [0.2, 0.25) is 5.91 Å². The van der Waals surface area contributed by atoms with E-state index in [2.05, 4.69) is 29.2 Å². The normalized spacial score (nSPS) is 28.7. The van der Waals surface area contributed by atoms with E-state index in [-0.39, 0.29) is 22.0 Å². The molecule has 4 rings (SSSR count). The van der Waals surface area contributed by atoms with Crippen molar-refractivity contribution in [3.05, 3.63) is 85.2 Å². The topological polar surface area (TPSA) is 65.1 Å². The average molecular weight is 559 g/mol. The summed E-state index contributed by atoms with van der Waals surface area (Å²) < 4.78 is 16.9. The molecule has 2 aromatic rings. The van der Waals surface area contributed by atoms with Crippen LogP contribution in [0.2, 0.25) is 0 Å². The van der Waals surface area contributed by atoms with Crippen LogP contribution in [0.1, 0.15) is 12.5 Å². The Kier molecular flexibility index (Phi) is 6.90. The van der Waals surface area contributed by atoms with E-state index < -0.39 is 17.5 Å².